The lowest BCUT2D eigenvalue weighted by Crippen LogP contribution is -2.47. The van der Waals surface area contributed by atoms with E-state index < -0.39 is 0 Å². The summed E-state index contributed by atoms with van der Waals surface area (Å²) in [6.45, 7) is 6.15. The van der Waals surface area contributed by atoms with E-state index in [1.54, 1.807) is 0 Å². The van der Waals surface area contributed by atoms with Crippen LogP contribution in [0.2, 0.25) is 0 Å². The molecule has 26 heavy (non-hydrogen) atoms. The molecule has 0 amide bonds. The number of benzene rings is 1. The predicted octanol–water partition coefficient (Wildman–Crippen LogP) is 2.50. The molecule has 1 fully saturated rings. The average molecular weight is 348 g/mol. The Balaban J connectivity index is 1.49. The second-order valence-corrected chi connectivity index (χ2v) is 7.12. The van der Waals surface area contributed by atoms with Crippen LogP contribution in [0.4, 0.5) is 11.5 Å². The molecule has 0 spiro atoms. The normalized spacial score (nSPS) is 17.1. The van der Waals surface area contributed by atoms with Crippen molar-refractivity contribution in [2.45, 2.75) is 32.6 Å². The van der Waals surface area contributed by atoms with Crippen LogP contribution in [0.3, 0.4) is 0 Å². The van der Waals surface area contributed by atoms with Gasteiger partial charge in [-0.15, -0.1) is 5.10 Å². The van der Waals surface area contributed by atoms with Crippen LogP contribution in [0.25, 0.3) is 5.78 Å². The molecule has 1 aliphatic heterocycles. The van der Waals surface area contributed by atoms with Crippen LogP contribution in [-0.2, 0) is 19.3 Å². The van der Waals surface area contributed by atoms with Crippen molar-refractivity contribution in [1.29, 1.82) is 0 Å². The first-order chi connectivity index (χ1) is 12.8. The van der Waals surface area contributed by atoms with E-state index in [0.717, 1.165) is 57.0 Å². The molecule has 2 aliphatic rings. The highest BCUT2D eigenvalue weighted by molar-refractivity contribution is 5.58. The summed E-state index contributed by atoms with van der Waals surface area (Å²) in [5.41, 5.74) is 3.93. The standard InChI is InChI=1S/C20H24N6/c1-2-18-22-20-21-17-10-6-9-16(17)19(26(20)23-18)25-13-11-24(12-14-25)15-7-4-3-5-8-15/h3-5,7-8H,2,6,9-14H2,1H3. The van der Waals surface area contributed by atoms with E-state index in [9.17, 15) is 0 Å². The predicted molar refractivity (Wildman–Crippen MR) is 103 cm³/mol. The van der Waals surface area contributed by atoms with Crippen molar-refractivity contribution < 1.29 is 0 Å². The van der Waals surface area contributed by atoms with Crippen LogP contribution in [0.15, 0.2) is 30.3 Å². The van der Waals surface area contributed by atoms with Crippen molar-refractivity contribution in [2.75, 3.05) is 36.0 Å². The summed E-state index contributed by atoms with van der Waals surface area (Å²) in [6.07, 6.45) is 4.20. The molecule has 0 saturated carbocycles. The molecule has 134 valence electrons. The first-order valence-corrected chi connectivity index (χ1v) is 9.66. The molecule has 0 unspecified atom stereocenters. The zero-order valence-electron chi connectivity index (χ0n) is 15.2. The Labute approximate surface area is 153 Å². The molecule has 0 bridgehead atoms. The van der Waals surface area contributed by atoms with Crippen LogP contribution >= 0.6 is 0 Å². The summed E-state index contributed by atoms with van der Waals surface area (Å²) >= 11 is 0. The average Bonchev–Trinajstić information content (AvgIpc) is 3.33. The zero-order valence-corrected chi connectivity index (χ0v) is 15.2. The third kappa shape index (κ3) is 2.52. The summed E-state index contributed by atoms with van der Waals surface area (Å²) in [5, 5.41) is 4.75. The number of piperazine rings is 1. The molecule has 0 atom stereocenters. The molecule has 1 saturated heterocycles. The van der Waals surface area contributed by atoms with Gasteiger partial charge in [-0.3, -0.25) is 0 Å². The van der Waals surface area contributed by atoms with Crippen LogP contribution in [0.1, 0.15) is 30.4 Å². The van der Waals surface area contributed by atoms with Gasteiger partial charge in [-0.1, -0.05) is 25.1 Å². The first-order valence-electron chi connectivity index (χ1n) is 9.66. The molecule has 1 aromatic carbocycles. The number of nitrogens with zero attached hydrogens (tertiary/aromatic N) is 6. The lowest BCUT2D eigenvalue weighted by Gasteiger charge is -2.37. The van der Waals surface area contributed by atoms with Gasteiger partial charge in [0.15, 0.2) is 5.82 Å². The lowest BCUT2D eigenvalue weighted by molar-refractivity contribution is 0.635. The zero-order chi connectivity index (χ0) is 17.5. The molecule has 3 aromatic rings. The monoisotopic (exact) mass is 348 g/mol. The fourth-order valence-electron chi connectivity index (χ4n) is 4.19. The van der Waals surface area contributed by atoms with Gasteiger partial charge in [0.05, 0.1) is 5.69 Å². The fraction of sp³-hybridized carbons (Fsp3) is 0.450. The first kappa shape index (κ1) is 15.6. The number of fused-ring (bicyclic) bond motifs is 2. The third-order valence-corrected chi connectivity index (χ3v) is 5.54. The summed E-state index contributed by atoms with van der Waals surface area (Å²) in [7, 11) is 0. The van der Waals surface area contributed by atoms with Crippen molar-refractivity contribution >= 4 is 17.3 Å². The second kappa shape index (κ2) is 6.27. The highest BCUT2D eigenvalue weighted by atomic mass is 15.4. The summed E-state index contributed by atoms with van der Waals surface area (Å²) in [5.74, 6) is 2.88. The number of anilines is 2. The number of aryl methyl sites for hydroxylation is 2. The van der Waals surface area contributed by atoms with Gasteiger partial charge in [0, 0.05) is 43.9 Å². The SMILES string of the molecule is CCc1nc2nc3c(c(N4CCN(c5ccccc5)CC4)n2n1)CCC3. The quantitative estimate of drug-likeness (QED) is 0.728. The molecular weight excluding hydrogens is 324 g/mol. The van der Waals surface area contributed by atoms with Crippen LogP contribution in [0.5, 0.6) is 0 Å². The third-order valence-electron chi connectivity index (χ3n) is 5.54. The van der Waals surface area contributed by atoms with E-state index in [1.807, 2.05) is 4.52 Å². The fourth-order valence-corrected chi connectivity index (χ4v) is 4.19. The molecule has 1 aliphatic carbocycles. The molecule has 0 radical (unpaired) electrons. The molecule has 2 aromatic heterocycles. The number of hydrogen-bond donors (Lipinski definition) is 0. The van der Waals surface area contributed by atoms with Crippen molar-refractivity contribution in [3.63, 3.8) is 0 Å². The van der Waals surface area contributed by atoms with E-state index in [1.165, 1.54) is 29.2 Å². The maximum absolute atomic E-state index is 4.79. The number of rotatable bonds is 3. The van der Waals surface area contributed by atoms with Gasteiger partial charge in [0.1, 0.15) is 5.82 Å². The summed E-state index contributed by atoms with van der Waals surface area (Å²) in [6, 6.07) is 10.7. The maximum Gasteiger partial charge on any atom is 0.254 e. The minimum absolute atomic E-state index is 0.767. The van der Waals surface area contributed by atoms with Gasteiger partial charge in [0.25, 0.3) is 5.78 Å². The van der Waals surface area contributed by atoms with Gasteiger partial charge in [-0.05, 0) is 31.4 Å². The van der Waals surface area contributed by atoms with Crippen molar-refractivity contribution in [3.05, 3.63) is 47.4 Å². The number of aromatic nitrogens is 4. The van der Waals surface area contributed by atoms with Crippen LogP contribution in [0, 0.1) is 0 Å². The highest BCUT2D eigenvalue weighted by Gasteiger charge is 2.27. The summed E-state index contributed by atoms with van der Waals surface area (Å²) in [4.78, 5) is 14.4. The van der Waals surface area contributed by atoms with Crippen LogP contribution in [-0.4, -0.2) is 45.8 Å². The number of hydrogen-bond acceptors (Lipinski definition) is 5. The van der Waals surface area contributed by atoms with E-state index in [0.29, 0.717) is 0 Å². The molecule has 3 heterocycles. The topological polar surface area (TPSA) is 49.6 Å². The van der Waals surface area contributed by atoms with Gasteiger partial charge in [-0.2, -0.15) is 9.50 Å². The van der Waals surface area contributed by atoms with Crippen molar-refractivity contribution in [1.82, 2.24) is 19.6 Å². The molecule has 6 heteroatoms. The van der Waals surface area contributed by atoms with E-state index in [4.69, 9.17) is 10.1 Å². The van der Waals surface area contributed by atoms with E-state index in [-0.39, 0.29) is 0 Å². The second-order valence-electron chi connectivity index (χ2n) is 7.12. The van der Waals surface area contributed by atoms with Crippen LogP contribution < -0.4 is 9.80 Å². The highest BCUT2D eigenvalue weighted by Crippen LogP contribution is 2.31. The van der Waals surface area contributed by atoms with Gasteiger partial charge < -0.3 is 9.80 Å². The van der Waals surface area contributed by atoms with Crippen molar-refractivity contribution in [2.24, 2.45) is 0 Å². The minimum atomic E-state index is 0.767. The largest absolute Gasteiger partial charge is 0.368 e. The van der Waals surface area contributed by atoms with Gasteiger partial charge in [0.2, 0.25) is 0 Å². The number of para-hydroxylation sites is 1. The Bertz CT molecular complexity index is 924. The van der Waals surface area contributed by atoms with Crippen molar-refractivity contribution in [3.8, 4) is 0 Å². The lowest BCUT2D eigenvalue weighted by atomic mass is 10.2. The van der Waals surface area contributed by atoms with Gasteiger partial charge >= 0.3 is 0 Å². The molecule has 5 rings (SSSR count). The Hall–Kier alpha value is -2.63. The Morgan fingerprint density at radius 2 is 1.69 bits per heavy atom. The van der Waals surface area contributed by atoms with E-state index >= 15 is 0 Å². The summed E-state index contributed by atoms with van der Waals surface area (Å²) < 4.78 is 2.00. The molecular formula is C20H24N6. The Morgan fingerprint density at radius 1 is 0.923 bits per heavy atom. The van der Waals surface area contributed by atoms with E-state index in [2.05, 4.69) is 52.0 Å². The Morgan fingerprint density at radius 3 is 2.46 bits per heavy atom. The maximum atomic E-state index is 4.79. The smallest absolute Gasteiger partial charge is 0.254 e. The Kier molecular flexibility index (Phi) is 3.76. The molecule has 6 nitrogen and oxygen atoms in total. The van der Waals surface area contributed by atoms with Gasteiger partial charge in [-0.25, -0.2) is 4.98 Å². The minimum Gasteiger partial charge on any atom is -0.368 e. The molecule has 0 N–H and O–H groups in total.